The summed E-state index contributed by atoms with van der Waals surface area (Å²) in [6.45, 7) is 11.1. The molecule has 1 aromatic heterocycles. The van der Waals surface area contributed by atoms with Gasteiger partial charge in [0.1, 0.15) is 5.69 Å². The maximum atomic E-state index is 5.60. The first-order valence-electron chi connectivity index (χ1n) is 6.28. The normalized spacial score (nSPS) is 18.7. The Kier molecular flexibility index (Phi) is 3.08. The lowest BCUT2D eigenvalue weighted by Gasteiger charge is -2.52. The molecule has 2 N–H and O–H groups in total. The van der Waals surface area contributed by atoms with Crippen LogP contribution in [0.2, 0.25) is 0 Å². The number of nitrogens with two attached hydrogens (primary N) is 1. The monoisotopic (exact) mass is 243 g/mol. The van der Waals surface area contributed by atoms with Gasteiger partial charge in [-0.05, 0) is 37.3 Å². The van der Waals surface area contributed by atoms with E-state index in [4.69, 9.17) is 5.73 Å². The minimum absolute atomic E-state index is 0.0986. The molecule has 3 nitrogen and oxygen atoms in total. The quantitative estimate of drug-likeness (QED) is 0.768. The van der Waals surface area contributed by atoms with Crippen LogP contribution < -0.4 is 5.73 Å². The van der Waals surface area contributed by atoms with Gasteiger partial charge >= 0.3 is 0 Å². The number of pyridine rings is 1. The zero-order valence-corrected chi connectivity index (χ0v) is 11.6. The van der Waals surface area contributed by atoms with Crippen molar-refractivity contribution in [2.24, 2.45) is 5.41 Å². The molecule has 0 aromatic carbocycles. The maximum Gasteiger partial charge on any atom is 0.113 e. The van der Waals surface area contributed by atoms with Crippen LogP contribution in [0, 0.1) is 17.3 Å². The van der Waals surface area contributed by atoms with Crippen LogP contribution in [0.1, 0.15) is 33.4 Å². The molecule has 1 fully saturated rings. The Morgan fingerprint density at radius 1 is 1.33 bits per heavy atom. The van der Waals surface area contributed by atoms with Gasteiger partial charge < -0.3 is 5.73 Å². The van der Waals surface area contributed by atoms with Crippen molar-refractivity contribution in [3.63, 3.8) is 0 Å². The molecule has 2 rings (SSSR count). The molecule has 0 atom stereocenters. The molecule has 0 amide bonds. The van der Waals surface area contributed by atoms with Gasteiger partial charge in [0.15, 0.2) is 0 Å². The average Bonchev–Trinajstić information content (AvgIpc) is 2.25. The summed E-state index contributed by atoms with van der Waals surface area (Å²) in [4.78, 5) is 6.60. The summed E-state index contributed by atoms with van der Waals surface area (Å²) in [6.07, 6.45) is 1.64. The molecule has 0 bridgehead atoms. The van der Waals surface area contributed by atoms with E-state index in [1.165, 1.54) is 0 Å². The van der Waals surface area contributed by atoms with Crippen LogP contribution in [0.25, 0.3) is 0 Å². The standard InChI is InChI=1S/C15H21N3/c1-14(2)10-18(11-14)15(3,4)8-7-13-6-5-12(16)9-17-13/h5-6,9H,10-11,16H2,1-4H3. The number of hydrogen-bond acceptors (Lipinski definition) is 3. The smallest absolute Gasteiger partial charge is 0.113 e. The first kappa shape index (κ1) is 12.9. The highest BCUT2D eigenvalue weighted by Crippen LogP contribution is 2.34. The summed E-state index contributed by atoms with van der Waals surface area (Å²) in [5.41, 5.74) is 7.37. The number of aromatic nitrogens is 1. The lowest BCUT2D eigenvalue weighted by Crippen LogP contribution is -2.60. The number of nitrogen functional groups attached to an aromatic ring is 1. The Morgan fingerprint density at radius 2 is 2.00 bits per heavy atom. The third-order valence-electron chi connectivity index (χ3n) is 3.31. The van der Waals surface area contributed by atoms with Crippen molar-refractivity contribution in [2.45, 2.75) is 33.2 Å². The zero-order valence-electron chi connectivity index (χ0n) is 11.6. The molecule has 1 aliphatic rings. The highest BCUT2D eigenvalue weighted by Gasteiger charge is 2.41. The van der Waals surface area contributed by atoms with Crippen LogP contribution in [-0.4, -0.2) is 28.5 Å². The van der Waals surface area contributed by atoms with E-state index in [0.717, 1.165) is 18.8 Å². The first-order chi connectivity index (χ1) is 8.28. The Balaban J connectivity index is 2.07. The fourth-order valence-electron chi connectivity index (χ4n) is 2.16. The highest BCUT2D eigenvalue weighted by molar-refractivity contribution is 5.40. The molecule has 1 aromatic rings. The van der Waals surface area contributed by atoms with E-state index < -0.39 is 0 Å². The van der Waals surface area contributed by atoms with Gasteiger partial charge in [0.2, 0.25) is 0 Å². The Bertz CT molecular complexity index is 481. The predicted molar refractivity (Wildman–Crippen MR) is 75.0 cm³/mol. The van der Waals surface area contributed by atoms with E-state index in [1.807, 2.05) is 12.1 Å². The molecule has 0 aliphatic carbocycles. The number of hydrogen-bond donors (Lipinski definition) is 1. The van der Waals surface area contributed by atoms with Crippen molar-refractivity contribution in [3.05, 3.63) is 24.0 Å². The van der Waals surface area contributed by atoms with E-state index in [-0.39, 0.29) is 5.54 Å². The van der Waals surface area contributed by atoms with Crippen LogP contribution in [0.4, 0.5) is 5.69 Å². The molecule has 0 spiro atoms. The SMILES string of the molecule is CC1(C)CN(C(C)(C)C#Cc2ccc(N)cn2)C1. The molecule has 0 radical (unpaired) electrons. The minimum atomic E-state index is -0.0986. The summed E-state index contributed by atoms with van der Waals surface area (Å²) in [7, 11) is 0. The van der Waals surface area contributed by atoms with Gasteiger partial charge in [0.25, 0.3) is 0 Å². The Hall–Kier alpha value is -1.53. The van der Waals surface area contributed by atoms with Crippen LogP contribution in [0.5, 0.6) is 0 Å². The van der Waals surface area contributed by atoms with E-state index in [0.29, 0.717) is 11.1 Å². The second-order valence-corrected chi connectivity index (χ2v) is 6.31. The molecule has 96 valence electrons. The molecule has 18 heavy (non-hydrogen) atoms. The number of rotatable bonds is 1. The fraction of sp³-hybridized carbons (Fsp3) is 0.533. The van der Waals surface area contributed by atoms with Crippen molar-refractivity contribution in [2.75, 3.05) is 18.8 Å². The molecule has 0 saturated carbocycles. The molecule has 3 heteroatoms. The molecule has 2 heterocycles. The zero-order chi connectivity index (χ0) is 13.4. The van der Waals surface area contributed by atoms with Gasteiger partial charge in [0.05, 0.1) is 17.4 Å². The van der Waals surface area contributed by atoms with Crippen LogP contribution in [-0.2, 0) is 0 Å². The van der Waals surface area contributed by atoms with Crippen LogP contribution in [0.3, 0.4) is 0 Å². The van der Waals surface area contributed by atoms with E-state index in [9.17, 15) is 0 Å². The fourth-order valence-corrected chi connectivity index (χ4v) is 2.16. The van der Waals surface area contributed by atoms with E-state index in [2.05, 4.69) is 49.4 Å². The number of anilines is 1. The van der Waals surface area contributed by atoms with Gasteiger partial charge in [0, 0.05) is 13.1 Å². The summed E-state index contributed by atoms with van der Waals surface area (Å²) >= 11 is 0. The van der Waals surface area contributed by atoms with Crippen LogP contribution >= 0.6 is 0 Å². The summed E-state index contributed by atoms with van der Waals surface area (Å²) < 4.78 is 0. The van der Waals surface area contributed by atoms with Gasteiger partial charge in [-0.3, -0.25) is 4.90 Å². The van der Waals surface area contributed by atoms with Gasteiger partial charge in [-0.15, -0.1) is 0 Å². The number of likely N-dealkylation sites (tertiary alicyclic amines) is 1. The average molecular weight is 243 g/mol. The first-order valence-corrected chi connectivity index (χ1v) is 6.28. The summed E-state index contributed by atoms with van der Waals surface area (Å²) in [6, 6.07) is 3.69. The maximum absolute atomic E-state index is 5.60. The highest BCUT2D eigenvalue weighted by atomic mass is 15.3. The van der Waals surface area contributed by atoms with Gasteiger partial charge in [-0.2, -0.15) is 0 Å². The molecule has 1 aliphatic heterocycles. The summed E-state index contributed by atoms with van der Waals surface area (Å²) in [5, 5.41) is 0. The minimum Gasteiger partial charge on any atom is -0.397 e. The molecular formula is C15H21N3. The Morgan fingerprint density at radius 3 is 2.50 bits per heavy atom. The third-order valence-corrected chi connectivity index (χ3v) is 3.31. The summed E-state index contributed by atoms with van der Waals surface area (Å²) in [5.74, 6) is 6.44. The topological polar surface area (TPSA) is 42.1 Å². The van der Waals surface area contributed by atoms with Gasteiger partial charge in [-0.1, -0.05) is 19.8 Å². The van der Waals surface area contributed by atoms with Crippen LogP contribution in [0.15, 0.2) is 18.3 Å². The molecule has 0 unspecified atom stereocenters. The second kappa shape index (κ2) is 4.29. The molecular weight excluding hydrogens is 222 g/mol. The molecule has 1 saturated heterocycles. The van der Waals surface area contributed by atoms with Crippen molar-refractivity contribution in [3.8, 4) is 11.8 Å². The van der Waals surface area contributed by atoms with Gasteiger partial charge in [-0.25, -0.2) is 4.98 Å². The van der Waals surface area contributed by atoms with E-state index >= 15 is 0 Å². The van der Waals surface area contributed by atoms with Crippen molar-refractivity contribution in [1.82, 2.24) is 9.88 Å². The number of nitrogens with zero attached hydrogens (tertiary/aromatic N) is 2. The van der Waals surface area contributed by atoms with Crippen molar-refractivity contribution in [1.29, 1.82) is 0 Å². The lowest BCUT2D eigenvalue weighted by atomic mass is 9.80. The van der Waals surface area contributed by atoms with Crippen molar-refractivity contribution >= 4 is 5.69 Å². The predicted octanol–water partition coefficient (Wildman–Crippen LogP) is 2.14. The van der Waals surface area contributed by atoms with Crippen molar-refractivity contribution < 1.29 is 0 Å². The van der Waals surface area contributed by atoms with E-state index in [1.54, 1.807) is 6.20 Å². The Labute approximate surface area is 109 Å². The third kappa shape index (κ3) is 2.83. The largest absolute Gasteiger partial charge is 0.397 e. The second-order valence-electron chi connectivity index (χ2n) is 6.31. The lowest BCUT2D eigenvalue weighted by molar-refractivity contribution is -0.0205.